The molecule has 0 aliphatic carbocycles. The van der Waals surface area contributed by atoms with Gasteiger partial charge in [0.2, 0.25) is 0 Å². The van der Waals surface area contributed by atoms with E-state index in [9.17, 15) is 4.79 Å². The van der Waals surface area contributed by atoms with E-state index in [1.165, 1.54) is 5.56 Å². The van der Waals surface area contributed by atoms with Gasteiger partial charge in [-0.05, 0) is 30.4 Å². The lowest BCUT2D eigenvalue weighted by Gasteiger charge is -2.14. The molecule has 1 aromatic rings. The smallest absolute Gasteiger partial charge is 0.165 e. The number of hydrogen-bond donors (Lipinski definition) is 0. The Labute approximate surface area is 110 Å². The van der Waals surface area contributed by atoms with Crippen molar-refractivity contribution in [2.24, 2.45) is 0 Å². The van der Waals surface area contributed by atoms with E-state index in [4.69, 9.17) is 4.74 Å². The quantitative estimate of drug-likeness (QED) is 0.735. The van der Waals surface area contributed by atoms with Crippen molar-refractivity contribution in [3.05, 3.63) is 35.4 Å². The number of carbonyl (C=O) groups excluding carboxylic acids is 1. The lowest BCUT2D eigenvalue weighted by Crippen LogP contribution is -2.25. The van der Waals surface area contributed by atoms with Crippen LogP contribution in [0.2, 0.25) is 0 Å². The predicted molar refractivity (Wildman–Crippen MR) is 74.9 cm³/mol. The molecule has 2 heteroatoms. The Bertz CT molecular complexity index is 365. The number of ketones is 1. The van der Waals surface area contributed by atoms with Crippen molar-refractivity contribution in [3.8, 4) is 0 Å². The third-order valence-electron chi connectivity index (χ3n) is 3.12. The average molecular weight is 248 g/mol. The van der Waals surface area contributed by atoms with E-state index in [0.29, 0.717) is 18.9 Å². The van der Waals surface area contributed by atoms with Crippen molar-refractivity contribution in [1.29, 1.82) is 0 Å². The Hall–Kier alpha value is -1.15. The molecule has 1 atom stereocenters. The molecular formula is C16H24O2. The summed E-state index contributed by atoms with van der Waals surface area (Å²) in [5.41, 5.74) is 2.38. The molecule has 0 radical (unpaired) electrons. The molecule has 0 fully saturated rings. The summed E-state index contributed by atoms with van der Waals surface area (Å²) in [6.45, 7) is 8.84. The number of carbonyl (C=O) groups is 1. The fraction of sp³-hybridized carbons (Fsp3) is 0.562. The van der Waals surface area contributed by atoms with Crippen LogP contribution < -0.4 is 0 Å². The maximum atomic E-state index is 12.0. The minimum atomic E-state index is -0.250. The molecule has 0 aromatic heterocycles. The van der Waals surface area contributed by atoms with Gasteiger partial charge < -0.3 is 4.74 Å². The molecule has 1 rings (SSSR count). The summed E-state index contributed by atoms with van der Waals surface area (Å²) in [7, 11) is 0. The van der Waals surface area contributed by atoms with Crippen molar-refractivity contribution in [2.45, 2.75) is 52.6 Å². The van der Waals surface area contributed by atoms with Crippen LogP contribution in [0.1, 0.15) is 51.2 Å². The number of rotatable bonds is 7. The first kappa shape index (κ1) is 14.9. The zero-order chi connectivity index (χ0) is 13.5. The van der Waals surface area contributed by atoms with E-state index in [2.05, 4.69) is 26.0 Å². The van der Waals surface area contributed by atoms with E-state index in [1.54, 1.807) is 0 Å². The predicted octanol–water partition coefficient (Wildman–Crippen LogP) is 3.74. The largest absolute Gasteiger partial charge is 0.371 e. The van der Waals surface area contributed by atoms with Gasteiger partial charge >= 0.3 is 0 Å². The summed E-state index contributed by atoms with van der Waals surface area (Å²) >= 11 is 0. The van der Waals surface area contributed by atoms with Crippen LogP contribution in [-0.4, -0.2) is 18.5 Å². The second kappa shape index (κ2) is 7.32. The molecular weight excluding hydrogens is 224 g/mol. The molecule has 2 nitrogen and oxygen atoms in total. The summed E-state index contributed by atoms with van der Waals surface area (Å²) in [5.74, 6) is 0.707. The van der Waals surface area contributed by atoms with Crippen LogP contribution in [0.5, 0.6) is 0 Å². The lowest BCUT2D eigenvalue weighted by atomic mass is 9.98. The standard InChI is InChI=1S/C16H24O2/c1-5-16(18-6-2)15(17)11-13-7-9-14(10-8-13)12(3)4/h7-10,12,16H,5-6,11H2,1-4H3. The van der Waals surface area contributed by atoms with Crippen molar-refractivity contribution in [2.75, 3.05) is 6.61 Å². The van der Waals surface area contributed by atoms with E-state index in [0.717, 1.165) is 12.0 Å². The lowest BCUT2D eigenvalue weighted by molar-refractivity contribution is -0.129. The van der Waals surface area contributed by atoms with Gasteiger partial charge in [0.1, 0.15) is 6.10 Å². The van der Waals surface area contributed by atoms with Gasteiger partial charge in [0, 0.05) is 13.0 Å². The first-order valence-corrected chi connectivity index (χ1v) is 6.81. The monoisotopic (exact) mass is 248 g/mol. The Morgan fingerprint density at radius 1 is 1.17 bits per heavy atom. The summed E-state index contributed by atoms with van der Waals surface area (Å²) in [5, 5.41) is 0. The van der Waals surface area contributed by atoms with Crippen molar-refractivity contribution < 1.29 is 9.53 Å². The molecule has 0 bridgehead atoms. The first-order chi connectivity index (χ1) is 8.58. The first-order valence-electron chi connectivity index (χ1n) is 6.81. The minimum absolute atomic E-state index is 0.177. The van der Waals surface area contributed by atoms with Crippen LogP contribution in [0.15, 0.2) is 24.3 Å². The van der Waals surface area contributed by atoms with Gasteiger partial charge in [0.15, 0.2) is 5.78 Å². The molecule has 0 saturated heterocycles. The molecule has 0 aliphatic rings. The number of ether oxygens (including phenoxy) is 1. The van der Waals surface area contributed by atoms with E-state index in [1.807, 2.05) is 26.0 Å². The van der Waals surface area contributed by atoms with Gasteiger partial charge in [-0.1, -0.05) is 45.0 Å². The second-order valence-electron chi connectivity index (χ2n) is 4.89. The normalized spacial score (nSPS) is 12.7. The molecule has 1 aromatic carbocycles. The average Bonchev–Trinajstić information content (AvgIpc) is 2.36. The molecule has 1 unspecified atom stereocenters. The fourth-order valence-corrected chi connectivity index (χ4v) is 1.98. The summed E-state index contributed by atoms with van der Waals surface area (Å²) in [4.78, 5) is 12.0. The van der Waals surface area contributed by atoms with Gasteiger partial charge in [-0.2, -0.15) is 0 Å². The number of benzene rings is 1. The fourth-order valence-electron chi connectivity index (χ4n) is 1.98. The van der Waals surface area contributed by atoms with E-state index >= 15 is 0 Å². The Kier molecular flexibility index (Phi) is 6.06. The highest BCUT2D eigenvalue weighted by molar-refractivity contribution is 5.85. The zero-order valence-corrected chi connectivity index (χ0v) is 11.9. The molecule has 0 spiro atoms. The number of Topliss-reactive ketones (excluding diaryl/α,β-unsaturated/α-hetero) is 1. The summed E-state index contributed by atoms with van der Waals surface area (Å²) in [6.07, 6.45) is 0.966. The van der Waals surface area contributed by atoms with Crippen molar-refractivity contribution >= 4 is 5.78 Å². The maximum Gasteiger partial charge on any atom is 0.165 e. The molecule has 18 heavy (non-hydrogen) atoms. The van der Waals surface area contributed by atoms with Crippen LogP contribution in [0.3, 0.4) is 0 Å². The van der Waals surface area contributed by atoms with Gasteiger partial charge in [-0.15, -0.1) is 0 Å². The molecule has 0 N–H and O–H groups in total. The molecule has 0 aliphatic heterocycles. The Morgan fingerprint density at radius 2 is 1.78 bits per heavy atom. The number of hydrogen-bond acceptors (Lipinski definition) is 2. The molecule has 100 valence electrons. The van der Waals surface area contributed by atoms with Crippen LogP contribution in [0, 0.1) is 0 Å². The molecule has 0 saturated carbocycles. The van der Waals surface area contributed by atoms with Crippen LogP contribution in [0.4, 0.5) is 0 Å². The van der Waals surface area contributed by atoms with Gasteiger partial charge in [0.05, 0.1) is 0 Å². The molecule has 0 heterocycles. The minimum Gasteiger partial charge on any atom is -0.371 e. The highest BCUT2D eigenvalue weighted by Gasteiger charge is 2.16. The highest BCUT2D eigenvalue weighted by Crippen LogP contribution is 2.15. The summed E-state index contributed by atoms with van der Waals surface area (Å²) in [6, 6.07) is 8.31. The van der Waals surface area contributed by atoms with Gasteiger partial charge in [0.25, 0.3) is 0 Å². The Balaban J connectivity index is 2.63. The van der Waals surface area contributed by atoms with E-state index < -0.39 is 0 Å². The van der Waals surface area contributed by atoms with Gasteiger partial charge in [-0.3, -0.25) is 4.79 Å². The third kappa shape index (κ3) is 4.26. The summed E-state index contributed by atoms with van der Waals surface area (Å²) < 4.78 is 5.44. The second-order valence-corrected chi connectivity index (χ2v) is 4.89. The van der Waals surface area contributed by atoms with Crippen molar-refractivity contribution in [1.82, 2.24) is 0 Å². The molecule has 0 amide bonds. The Morgan fingerprint density at radius 3 is 2.22 bits per heavy atom. The van der Waals surface area contributed by atoms with Crippen LogP contribution in [-0.2, 0) is 16.0 Å². The zero-order valence-electron chi connectivity index (χ0n) is 11.9. The van der Waals surface area contributed by atoms with Gasteiger partial charge in [-0.25, -0.2) is 0 Å². The SMILES string of the molecule is CCOC(CC)C(=O)Cc1ccc(C(C)C)cc1. The topological polar surface area (TPSA) is 26.3 Å². The van der Waals surface area contributed by atoms with Crippen LogP contribution in [0.25, 0.3) is 0 Å². The van der Waals surface area contributed by atoms with Crippen LogP contribution >= 0.6 is 0 Å². The van der Waals surface area contributed by atoms with E-state index in [-0.39, 0.29) is 11.9 Å². The maximum absolute atomic E-state index is 12.0. The third-order valence-corrected chi connectivity index (χ3v) is 3.12. The van der Waals surface area contributed by atoms with Crippen molar-refractivity contribution in [3.63, 3.8) is 0 Å². The highest BCUT2D eigenvalue weighted by atomic mass is 16.5.